The third-order valence-electron chi connectivity index (χ3n) is 8.05. The van der Waals surface area contributed by atoms with Crippen LogP contribution in [0.3, 0.4) is 0 Å². The van der Waals surface area contributed by atoms with Crippen molar-refractivity contribution >= 4 is 27.5 Å². The number of nitrogens with one attached hydrogen (secondary N) is 1. The molecule has 0 aliphatic carbocycles. The summed E-state index contributed by atoms with van der Waals surface area (Å²) < 4.78 is 70.4. The summed E-state index contributed by atoms with van der Waals surface area (Å²) in [5.74, 6) is -1.17. The number of amides is 2. The standard InChI is InChI=1S/C37H40F3N3O4S/c1-4-5-22-41-36(45)34(23-29-13-7-6-8-14-29)42(25-30-15-10-9-12-28(30)3)35(44)26-43(32-17-11-16-31(24-32)37(38,39)40)48(46,47)33-20-18-27(2)19-21-33/h6-21,24,34H,4-5,22-23,25-26H2,1-3H3,(H,41,45)/t34-/m1/s1. The van der Waals surface area contributed by atoms with Crippen molar-refractivity contribution in [3.63, 3.8) is 0 Å². The van der Waals surface area contributed by atoms with Crippen LogP contribution in [0.5, 0.6) is 0 Å². The fraction of sp³-hybridized carbons (Fsp3) is 0.297. The normalized spacial score (nSPS) is 12.3. The second-order valence-corrected chi connectivity index (χ2v) is 13.5. The van der Waals surface area contributed by atoms with E-state index in [9.17, 15) is 31.2 Å². The molecule has 0 aliphatic rings. The summed E-state index contributed by atoms with van der Waals surface area (Å²) in [6.07, 6.45) is -3.08. The number of anilines is 1. The topological polar surface area (TPSA) is 86.8 Å². The summed E-state index contributed by atoms with van der Waals surface area (Å²) in [7, 11) is -4.55. The predicted molar refractivity (Wildman–Crippen MR) is 181 cm³/mol. The lowest BCUT2D eigenvalue weighted by molar-refractivity contribution is -0.140. The minimum Gasteiger partial charge on any atom is -0.354 e. The molecular weight excluding hydrogens is 639 g/mol. The summed E-state index contributed by atoms with van der Waals surface area (Å²) in [6.45, 7) is 5.11. The highest BCUT2D eigenvalue weighted by Gasteiger charge is 2.36. The molecule has 4 aromatic rings. The van der Waals surface area contributed by atoms with Gasteiger partial charge in [0, 0.05) is 19.5 Å². The minimum atomic E-state index is -4.76. The van der Waals surface area contributed by atoms with Crippen molar-refractivity contribution in [2.75, 3.05) is 17.4 Å². The number of rotatable bonds is 14. The number of hydrogen-bond acceptors (Lipinski definition) is 4. The second kappa shape index (κ2) is 16.0. The van der Waals surface area contributed by atoms with Crippen LogP contribution in [0.1, 0.15) is 47.6 Å². The van der Waals surface area contributed by atoms with Crippen LogP contribution in [0.25, 0.3) is 0 Å². The fourth-order valence-corrected chi connectivity index (χ4v) is 6.64. The Kier molecular flexibility index (Phi) is 12.0. The van der Waals surface area contributed by atoms with E-state index in [4.69, 9.17) is 0 Å². The molecule has 1 N–H and O–H groups in total. The molecule has 0 spiro atoms. The zero-order valence-electron chi connectivity index (χ0n) is 27.2. The molecule has 0 radical (unpaired) electrons. The SMILES string of the molecule is CCCCNC(=O)[C@@H](Cc1ccccc1)N(Cc1ccccc1C)C(=O)CN(c1cccc(C(F)(F)F)c1)S(=O)(=O)c1ccc(C)cc1. The molecular formula is C37H40F3N3O4S. The number of benzene rings is 4. The van der Waals surface area contributed by atoms with E-state index >= 15 is 0 Å². The van der Waals surface area contributed by atoms with Crippen LogP contribution in [-0.4, -0.2) is 44.3 Å². The monoisotopic (exact) mass is 679 g/mol. The van der Waals surface area contributed by atoms with Gasteiger partial charge in [-0.05, 0) is 67.3 Å². The third-order valence-corrected chi connectivity index (χ3v) is 9.84. The average molecular weight is 680 g/mol. The van der Waals surface area contributed by atoms with E-state index in [-0.39, 0.29) is 23.5 Å². The van der Waals surface area contributed by atoms with Gasteiger partial charge in [0.1, 0.15) is 12.6 Å². The Balaban J connectivity index is 1.84. The van der Waals surface area contributed by atoms with Crippen molar-refractivity contribution in [1.82, 2.24) is 10.2 Å². The summed E-state index contributed by atoms with van der Waals surface area (Å²) in [4.78, 5) is 29.5. The fourth-order valence-electron chi connectivity index (χ4n) is 5.23. The highest BCUT2D eigenvalue weighted by atomic mass is 32.2. The average Bonchev–Trinajstić information content (AvgIpc) is 3.06. The molecule has 0 aliphatic heterocycles. The zero-order chi connectivity index (χ0) is 34.9. The van der Waals surface area contributed by atoms with Gasteiger partial charge in [-0.2, -0.15) is 13.2 Å². The molecule has 0 saturated heterocycles. The van der Waals surface area contributed by atoms with Crippen molar-refractivity contribution < 1.29 is 31.2 Å². The van der Waals surface area contributed by atoms with Crippen LogP contribution in [-0.2, 0) is 38.8 Å². The van der Waals surface area contributed by atoms with Gasteiger partial charge in [0.2, 0.25) is 11.8 Å². The van der Waals surface area contributed by atoms with Crippen molar-refractivity contribution in [1.29, 1.82) is 0 Å². The molecule has 7 nitrogen and oxygen atoms in total. The predicted octanol–water partition coefficient (Wildman–Crippen LogP) is 7.07. The van der Waals surface area contributed by atoms with Crippen LogP contribution in [0.15, 0.2) is 108 Å². The molecule has 2 amide bonds. The van der Waals surface area contributed by atoms with Gasteiger partial charge >= 0.3 is 6.18 Å². The van der Waals surface area contributed by atoms with Gasteiger partial charge in [0.15, 0.2) is 0 Å². The lowest BCUT2D eigenvalue weighted by Gasteiger charge is -2.34. The van der Waals surface area contributed by atoms with E-state index in [0.717, 1.165) is 40.8 Å². The van der Waals surface area contributed by atoms with Crippen molar-refractivity contribution in [2.45, 2.75) is 63.7 Å². The number of carbonyl (C=O) groups is 2. The smallest absolute Gasteiger partial charge is 0.354 e. The first kappa shape index (κ1) is 36.2. The number of aryl methyl sites for hydroxylation is 2. The number of nitrogens with zero attached hydrogens (tertiary/aromatic N) is 2. The van der Waals surface area contributed by atoms with Gasteiger partial charge in [0.25, 0.3) is 10.0 Å². The lowest BCUT2D eigenvalue weighted by Crippen LogP contribution is -2.53. The van der Waals surface area contributed by atoms with E-state index in [2.05, 4.69) is 5.32 Å². The van der Waals surface area contributed by atoms with Gasteiger partial charge in [-0.1, -0.05) is 91.7 Å². The van der Waals surface area contributed by atoms with Gasteiger partial charge in [-0.15, -0.1) is 0 Å². The number of alkyl halides is 3. The molecule has 0 unspecified atom stereocenters. The Hall–Kier alpha value is -4.64. The highest BCUT2D eigenvalue weighted by molar-refractivity contribution is 7.92. The maximum atomic E-state index is 14.5. The first-order valence-electron chi connectivity index (χ1n) is 15.7. The van der Waals surface area contributed by atoms with Gasteiger partial charge < -0.3 is 10.2 Å². The van der Waals surface area contributed by atoms with Crippen molar-refractivity contribution in [3.8, 4) is 0 Å². The van der Waals surface area contributed by atoms with Crippen LogP contribution in [0, 0.1) is 13.8 Å². The molecule has 0 aromatic heterocycles. The van der Waals surface area contributed by atoms with Crippen LogP contribution in [0.4, 0.5) is 18.9 Å². The van der Waals surface area contributed by atoms with Crippen molar-refractivity contribution in [2.24, 2.45) is 0 Å². The summed E-state index contributed by atoms with van der Waals surface area (Å²) in [5.41, 5.74) is 1.74. The molecule has 48 heavy (non-hydrogen) atoms. The van der Waals surface area contributed by atoms with Gasteiger partial charge in [-0.25, -0.2) is 8.42 Å². The molecule has 0 bridgehead atoms. The molecule has 254 valence electrons. The maximum Gasteiger partial charge on any atom is 0.416 e. The molecule has 1 atom stereocenters. The van der Waals surface area contributed by atoms with Gasteiger partial charge in [-0.3, -0.25) is 13.9 Å². The minimum absolute atomic E-state index is 0.0365. The van der Waals surface area contributed by atoms with E-state index in [0.29, 0.717) is 23.3 Å². The van der Waals surface area contributed by atoms with Crippen LogP contribution >= 0.6 is 0 Å². The summed E-state index contributed by atoms with van der Waals surface area (Å²) >= 11 is 0. The quantitative estimate of drug-likeness (QED) is 0.145. The lowest BCUT2D eigenvalue weighted by atomic mass is 10.0. The van der Waals surface area contributed by atoms with E-state index in [1.165, 1.54) is 23.1 Å². The molecule has 0 fully saturated rings. The molecule has 4 rings (SSSR count). The number of unbranched alkanes of at least 4 members (excludes halogenated alkanes) is 1. The summed E-state index contributed by atoms with van der Waals surface area (Å²) in [6, 6.07) is 25.1. The van der Waals surface area contributed by atoms with Crippen LogP contribution in [0.2, 0.25) is 0 Å². The molecule has 0 saturated carbocycles. The Bertz CT molecular complexity index is 1800. The van der Waals surface area contributed by atoms with Crippen LogP contribution < -0.4 is 9.62 Å². The number of carbonyl (C=O) groups excluding carboxylic acids is 2. The Morgan fingerprint density at radius 3 is 2.17 bits per heavy atom. The first-order chi connectivity index (χ1) is 22.8. The highest BCUT2D eigenvalue weighted by Crippen LogP contribution is 2.33. The summed E-state index contributed by atoms with van der Waals surface area (Å²) in [5, 5.41) is 2.92. The third kappa shape index (κ3) is 9.25. The van der Waals surface area contributed by atoms with Gasteiger partial charge in [0.05, 0.1) is 16.1 Å². The van der Waals surface area contributed by atoms with E-state index in [1.54, 1.807) is 25.1 Å². The second-order valence-electron chi connectivity index (χ2n) is 11.7. The van der Waals surface area contributed by atoms with E-state index in [1.807, 2.05) is 62.4 Å². The Labute approximate surface area is 280 Å². The van der Waals surface area contributed by atoms with E-state index < -0.39 is 46.2 Å². The molecule has 11 heteroatoms. The van der Waals surface area contributed by atoms with Crippen molar-refractivity contribution in [3.05, 3.63) is 131 Å². The number of hydrogen-bond donors (Lipinski definition) is 1. The Morgan fingerprint density at radius 1 is 0.854 bits per heavy atom. The number of halogens is 3. The molecule has 4 aromatic carbocycles. The maximum absolute atomic E-state index is 14.5. The molecule has 0 heterocycles. The first-order valence-corrected chi connectivity index (χ1v) is 17.2. The zero-order valence-corrected chi connectivity index (χ0v) is 28.0. The Morgan fingerprint density at radius 2 is 1.52 bits per heavy atom. The largest absolute Gasteiger partial charge is 0.416 e. The number of sulfonamides is 1.